The van der Waals surface area contributed by atoms with E-state index in [9.17, 15) is 4.79 Å². The van der Waals surface area contributed by atoms with Crippen LogP contribution in [0.15, 0.2) is 12.2 Å². The van der Waals surface area contributed by atoms with Gasteiger partial charge in [0, 0.05) is 12.3 Å². The fourth-order valence-corrected chi connectivity index (χ4v) is 1.95. The van der Waals surface area contributed by atoms with Crippen molar-refractivity contribution in [3.8, 4) is 0 Å². The standard InChI is InChI=1S/C11H18O/c1-4-5-10-6-8(2)9(3)11(12)7-10/h4-5,8-10H,6-7H2,1-3H3. The maximum absolute atomic E-state index is 11.5. The smallest absolute Gasteiger partial charge is 0.136 e. The Morgan fingerprint density at radius 1 is 1.42 bits per heavy atom. The highest BCUT2D eigenvalue weighted by Gasteiger charge is 2.29. The van der Waals surface area contributed by atoms with E-state index in [-0.39, 0.29) is 5.92 Å². The van der Waals surface area contributed by atoms with Crippen LogP contribution >= 0.6 is 0 Å². The molecule has 0 bridgehead atoms. The Bertz CT molecular complexity index is 193. The Morgan fingerprint density at radius 2 is 2.08 bits per heavy atom. The molecule has 0 N–H and O–H groups in total. The number of Topliss-reactive ketones (excluding diaryl/α,β-unsaturated/α-hetero) is 1. The third-order valence-electron chi connectivity index (χ3n) is 2.96. The Kier molecular flexibility index (Phi) is 3.07. The van der Waals surface area contributed by atoms with Crippen molar-refractivity contribution in [3.63, 3.8) is 0 Å². The number of hydrogen-bond donors (Lipinski definition) is 0. The van der Waals surface area contributed by atoms with E-state index in [1.165, 1.54) is 6.42 Å². The summed E-state index contributed by atoms with van der Waals surface area (Å²) < 4.78 is 0. The molecule has 0 aromatic rings. The van der Waals surface area contributed by atoms with E-state index in [2.05, 4.69) is 26.0 Å². The molecule has 1 nitrogen and oxygen atoms in total. The van der Waals surface area contributed by atoms with E-state index in [1.54, 1.807) is 0 Å². The maximum Gasteiger partial charge on any atom is 0.136 e. The molecular weight excluding hydrogens is 148 g/mol. The van der Waals surface area contributed by atoms with Gasteiger partial charge in [-0.3, -0.25) is 4.79 Å². The molecule has 1 fully saturated rings. The number of carbonyl (C=O) groups excluding carboxylic acids is 1. The lowest BCUT2D eigenvalue weighted by Gasteiger charge is -2.29. The molecule has 0 aromatic heterocycles. The van der Waals surface area contributed by atoms with E-state index >= 15 is 0 Å². The predicted octanol–water partition coefficient (Wildman–Crippen LogP) is 2.81. The van der Waals surface area contributed by atoms with Gasteiger partial charge >= 0.3 is 0 Å². The maximum atomic E-state index is 11.5. The van der Waals surface area contributed by atoms with Gasteiger partial charge in [0.15, 0.2) is 0 Å². The van der Waals surface area contributed by atoms with Crippen molar-refractivity contribution in [2.45, 2.75) is 33.6 Å². The largest absolute Gasteiger partial charge is 0.299 e. The third kappa shape index (κ3) is 1.96. The summed E-state index contributed by atoms with van der Waals surface area (Å²) in [5, 5.41) is 0. The van der Waals surface area contributed by atoms with E-state index in [1.807, 2.05) is 6.92 Å². The zero-order valence-electron chi connectivity index (χ0n) is 8.21. The molecule has 0 amide bonds. The van der Waals surface area contributed by atoms with E-state index in [0.29, 0.717) is 17.6 Å². The second-order valence-corrected chi connectivity index (χ2v) is 3.96. The summed E-state index contributed by atoms with van der Waals surface area (Å²) in [7, 11) is 0. The Morgan fingerprint density at radius 3 is 2.58 bits per heavy atom. The molecule has 0 spiro atoms. The summed E-state index contributed by atoms with van der Waals surface area (Å²) in [6.07, 6.45) is 6.16. The fourth-order valence-electron chi connectivity index (χ4n) is 1.95. The van der Waals surface area contributed by atoms with Gasteiger partial charge in [-0.2, -0.15) is 0 Å². The van der Waals surface area contributed by atoms with E-state index in [4.69, 9.17) is 0 Å². The molecule has 12 heavy (non-hydrogen) atoms. The SMILES string of the molecule is CC=CC1CC(=O)C(C)C(C)C1. The minimum atomic E-state index is 0.284. The molecule has 0 radical (unpaired) electrons. The van der Waals surface area contributed by atoms with Crippen molar-refractivity contribution in [2.75, 3.05) is 0 Å². The van der Waals surface area contributed by atoms with Gasteiger partial charge in [-0.1, -0.05) is 26.0 Å². The van der Waals surface area contributed by atoms with Crippen molar-refractivity contribution in [3.05, 3.63) is 12.2 Å². The van der Waals surface area contributed by atoms with Crippen molar-refractivity contribution in [2.24, 2.45) is 17.8 Å². The van der Waals surface area contributed by atoms with Crippen molar-refractivity contribution in [1.82, 2.24) is 0 Å². The molecule has 0 aliphatic heterocycles. The van der Waals surface area contributed by atoms with Crippen molar-refractivity contribution < 1.29 is 4.79 Å². The number of carbonyl (C=O) groups is 1. The van der Waals surface area contributed by atoms with Gasteiger partial charge in [-0.15, -0.1) is 0 Å². The summed E-state index contributed by atoms with van der Waals surface area (Å²) in [5.74, 6) is 1.80. The van der Waals surface area contributed by atoms with Gasteiger partial charge in [0.2, 0.25) is 0 Å². The molecule has 3 atom stereocenters. The zero-order valence-corrected chi connectivity index (χ0v) is 8.21. The lowest BCUT2D eigenvalue weighted by Crippen LogP contribution is -2.28. The first-order chi connectivity index (χ1) is 5.65. The first-order valence-electron chi connectivity index (χ1n) is 4.80. The van der Waals surface area contributed by atoms with Crippen LogP contribution in [0.25, 0.3) is 0 Å². The van der Waals surface area contributed by atoms with Crippen LogP contribution in [0, 0.1) is 17.8 Å². The summed E-state index contributed by atoms with van der Waals surface area (Å²) in [6.45, 7) is 6.25. The van der Waals surface area contributed by atoms with Crippen LogP contribution in [0.2, 0.25) is 0 Å². The third-order valence-corrected chi connectivity index (χ3v) is 2.96. The molecule has 1 aliphatic rings. The number of ketones is 1. The molecule has 0 heterocycles. The molecule has 0 saturated heterocycles. The van der Waals surface area contributed by atoms with Crippen LogP contribution in [-0.4, -0.2) is 5.78 Å². The lowest BCUT2D eigenvalue weighted by molar-refractivity contribution is -0.126. The average Bonchev–Trinajstić information content (AvgIpc) is 2.01. The van der Waals surface area contributed by atoms with E-state index in [0.717, 1.165) is 6.42 Å². The van der Waals surface area contributed by atoms with Crippen LogP contribution in [-0.2, 0) is 4.79 Å². The van der Waals surface area contributed by atoms with Crippen LogP contribution in [0.4, 0.5) is 0 Å². The topological polar surface area (TPSA) is 17.1 Å². The molecule has 68 valence electrons. The quantitative estimate of drug-likeness (QED) is 0.547. The van der Waals surface area contributed by atoms with E-state index < -0.39 is 0 Å². The Labute approximate surface area is 74.9 Å². The minimum Gasteiger partial charge on any atom is -0.299 e. The van der Waals surface area contributed by atoms with Gasteiger partial charge < -0.3 is 0 Å². The Hall–Kier alpha value is -0.590. The zero-order chi connectivity index (χ0) is 9.14. The average molecular weight is 166 g/mol. The van der Waals surface area contributed by atoms with Crippen LogP contribution < -0.4 is 0 Å². The van der Waals surface area contributed by atoms with Crippen molar-refractivity contribution >= 4 is 5.78 Å². The summed E-state index contributed by atoms with van der Waals surface area (Å²) in [4.78, 5) is 11.5. The van der Waals surface area contributed by atoms with Gasteiger partial charge in [0.05, 0.1) is 0 Å². The summed E-state index contributed by atoms with van der Waals surface area (Å²) in [6, 6.07) is 0. The fraction of sp³-hybridized carbons (Fsp3) is 0.727. The highest BCUT2D eigenvalue weighted by molar-refractivity contribution is 5.82. The number of rotatable bonds is 1. The predicted molar refractivity (Wildman–Crippen MR) is 50.9 cm³/mol. The van der Waals surface area contributed by atoms with Crippen LogP contribution in [0.1, 0.15) is 33.6 Å². The molecule has 3 unspecified atom stereocenters. The first kappa shape index (κ1) is 9.50. The van der Waals surface area contributed by atoms with Gasteiger partial charge in [-0.25, -0.2) is 0 Å². The van der Waals surface area contributed by atoms with Gasteiger partial charge in [0.25, 0.3) is 0 Å². The highest BCUT2D eigenvalue weighted by Crippen LogP contribution is 2.31. The monoisotopic (exact) mass is 166 g/mol. The molecule has 1 aliphatic carbocycles. The molecule has 1 heteroatoms. The number of hydrogen-bond acceptors (Lipinski definition) is 1. The lowest BCUT2D eigenvalue weighted by atomic mass is 9.75. The highest BCUT2D eigenvalue weighted by atomic mass is 16.1. The van der Waals surface area contributed by atoms with Crippen molar-refractivity contribution in [1.29, 1.82) is 0 Å². The molecule has 1 rings (SSSR count). The second-order valence-electron chi connectivity index (χ2n) is 3.96. The Balaban J connectivity index is 2.59. The first-order valence-corrected chi connectivity index (χ1v) is 4.80. The van der Waals surface area contributed by atoms with Crippen LogP contribution in [0.5, 0.6) is 0 Å². The minimum absolute atomic E-state index is 0.284. The summed E-state index contributed by atoms with van der Waals surface area (Å²) in [5.41, 5.74) is 0. The van der Waals surface area contributed by atoms with Crippen LogP contribution in [0.3, 0.4) is 0 Å². The molecule has 1 saturated carbocycles. The second kappa shape index (κ2) is 3.88. The summed E-state index contributed by atoms with van der Waals surface area (Å²) >= 11 is 0. The van der Waals surface area contributed by atoms with Gasteiger partial charge in [0.1, 0.15) is 5.78 Å². The van der Waals surface area contributed by atoms with Gasteiger partial charge in [-0.05, 0) is 25.2 Å². The molecule has 0 aromatic carbocycles. The number of allylic oxidation sites excluding steroid dienone is 2. The molecular formula is C11H18O. The normalized spacial score (nSPS) is 37.6.